The Hall–Kier alpha value is -2.71. The molecule has 1 unspecified atom stereocenters. The number of amides is 1. The number of anilines is 1. The second-order valence-corrected chi connectivity index (χ2v) is 10.1. The molecule has 1 N–H and O–H groups in total. The fraction of sp³-hybridized carbons (Fsp3) is 0.391. The second kappa shape index (κ2) is 8.43. The van der Waals surface area contributed by atoms with Crippen LogP contribution in [-0.4, -0.2) is 44.1 Å². The SMILES string of the molecule is Cc1ccc(OCC(=O)Nc2cccc(S(=O)(=O)N3CCCC3)c2)c2c1C(C)CC2=O. The number of ketones is 1. The second-order valence-electron chi connectivity index (χ2n) is 8.17. The Kier molecular flexibility index (Phi) is 5.85. The number of hydrogen-bond donors (Lipinski definition) is 1. The van der Waals surface area contributed by atoms with Crippen molar-refractivity contribution in [1.82, 2.24) is 4.31 Å². The van der Waals surface area contributed by atoms with Gasteiger partial charge in [-0.05, 0) is 61.1 Å². The lowest BCUT2D eigenvalue weighted by Crippen LogP contribution is -2.28. The molecule has 2 aromatic carbocycles. The van der Waals surface area contributed by atoms with Crippen LogP contribution in [-0.2, 0) is 14.8 Å². The van der Waals surface area contributed by atoms with E-state index in [1.54, 1.807) is 18.2 Å². The summed E-state index contributed by atoms with van der Waals surface area (Å²) in [5.74, 6) is 0.153. The summed E-state index contributed by atoms with van der Waals surface area (Å²) in [6.07, 6.45) is 2.16. The zero-order valence-electron chi connectivity index (χ0n) is 17.7. The normalized spacial score (nSPS) is 18.8. The highest BCUT2D eigenvalue weighted by atomic mass is 32.2. The number of Topliss-reactive ketones (excluding diaryl/α,β-unsaturated/α-hetero) is 1. The van der Waals surface area contributed by atoms with Gasteiger partial charge in [0.25, 0.3) is 5.91 Å². The number of aryl methyl sites for hydroxylation is 1. The first-order chi connectivity index (χ1) is 14.8. The van der Waals surface area contributed by atoms with Gasteiger partial charge in [0.2, 0.25) is 10.0 Å². The number of benzene rings is 2. The number of rotatable bonds is 6. The van der Waals surface area contributed by atoms with Crippen molar-refractivity contribution in [3.8, 4) is 5.75 Å². The van der Waals surface area contributed by atoms with E-state index in [9.17, 15) is 18.0 Å². The molecular formula is C23H26N2O5S. The van der Waals surface area contributed by atoms with Crippen LogP contribution in [0.25, 0.3) is 0 Å². The van der Waals surface area contributed by atoms with Gasteiger partial charge in [0.1, 0.15) is 5.75 Å². The van der Waals surface area contributed by atoms with Gasteiger partial charge in [-0.25, -0.2) is 8.42 Å². The van der Waals surface area contributed by atoms with Crippen LogP contribution in [0.2, 0.25) is 0 Å². The lowest BCUT2D eigenvalue weighted by Gasteiger charge is -2.16. The van der Waals surface area contributed by atoms with E-state index in [-0.39, 0.29) is 23.2 Å². The van der Waals surface area contributed by atoms with Crippen molar-refractivity contribution in [2.75, 3.05) is 25.0 Å². The molecule has 1 heterocycles. The summed E-state index contributed by atoms with van der Waals surface area (Å²) in [4.78, 5) is 25.0. The molecule has 1 saturated heterocycles. The van der Waals surface area contributed by atoms with Crippen molar-refractivity contribution in [2.24, 2.45) is 0 Å². The first-order valence-corrected chi connectivity index (χ1v) is 11.9. The van der Waals surface area contributed by atoms with Gasteiger partial charge in [-0.15, -0.1) is 0 Å². The third kappa shape index (κ3) is 4.22. The third-order valence-corrected chi connectivity index (χ3v) is 7.76. The number of nitrogens with one attached hydrogen (secondary N) is 1. The molecule has 164 valence electrons. The molecule has 4 rings (SSSR count). The average molecular weight is 443 g/mol. The maximum atomic E-state index is 12.7. The number of nitrogens with zero attached hydrogens (tertiary/aromatic N) is 1. The number of fused-ring (bicyclic) bond motifs is 1. The number of hydrogen-bond acceptors (Lipinski definition) is 5. The minimum atomic E-state index is -3.56. The summed E-state index contributed by atoms with van der Waals surface area (Å²) in [6, 6.07) is 9.85. The van der Waals surface area contributed by atoms with E-state index in [4.69, 9.17) is 4.74 Å². The van der Waals surface area contributed by atoms with Crippen LogP contribution >= 0.6 is 0 Å². The van der Waals surface area contributed by atoms with Crippen molar-refractivity contribution in [2.45, 2.75) is 43.9 Å². The van der Waals surface area contributed by atoms with E-state index < -0.39 is 15.9 Å². The van der Waals surface area contributed by atoms with Gasteiger partial charge in [0.05, 0.1) is 10.5 Å². The van der Waals surface area contributed by atoms with E-state index in [1.807, 2.05) is 19.9 Å². The fourth-order valence-electron chi connectivity index (χ4n) is 4.38. The minimum absolute atomic E-state index is 0.0291. The zero-order valence-corrected chi connectivity index (χ0v) is 18.5. The molecule has 1 aliphatic carbocycles. The van der Waals surface area contributed by atoms with Crippen LogP contribution < -0.4 is 10.1 Å². The summed E-state index contributed by atoms with van der Waals surface area (Å²) in [5, 5.41) is 2.68. The van der Waals surface area contributed by atoms with E-state index in [0.717, 1.165) is 24.0 Å². The van der Waals surface area contributed by atoms with E-state index in [0.29, 0.717) is 36.5 Å². The van der Waals surface area contributed by atoms with Gasteiger partial charge in [0, 0.05) is 25.2 Å². The lowest BCUT2D eigenvalue weighted by atomic mass is 9.97. The first kappa shape index (κ1) is 21.5. The summed E-state index contributed by atoms with van der Waals surface area (Å²) < 4.78 is 32.6. The third-order valence-electron chi connectivity index (χ3n) is 5.87. The predicted octanol–water partition coefficient (Wildman–Crippen LogP) is 3.49. The smallest absolute Gasteiger partial charge is 0.262 e. The highest BCUT2D eigenvalue weighted by molar-refractivity contribution is 7.89. The summed E-state index contributed by atoms with van der Waals surface area (Å²) in [6.45, 7) is 4.74. The topological polar surface area (TPSA) is 92.8 Å². The quantitative estimate of drug-likeness (QED) is 0.739. The Balaban J connectivity index is 1.45. The van der Waals surface area contributed by atoms with Gasteiger partial charge in [0.15, 0.2) is 12.4 Å². The Labute approximate surface area is 182 Å². The van der Waals surface area contributed by atoms with Crippen molar-refractivity contribution < 1.29 is 22.7 Å². The van der Waals surface area contributed by atoms with Crippen molar-refractivity contribution in [3.05, 3.63) is 53.1 Å². The Morgan fingerprint density at radius 1 is 1.19 bits per heavy atom. The van der Waals surface area contributed by atoms with E-state index >= 15 is 0 Å². The van der Waals surface area contributed by atoms with Gasteiger partial charge < -0.3 is 10.1 Å². The van der Waals surface area contributed by atoms with E-state index in [1.165, 1.54) is 16.4 Å². The molecule has 0 bridgehead atoms. The maximum absolute atomic E-state index is 12.7. The van der Waals surface area contributed by atoms with Gasteiger partial charge in [-0.3, -0.25) is 9.59 Å². The zero-order chi connectivity index (χ0) is 22.2. The van der Waals surface area contributed by atoms with Gasteiger partial charge >= 0.3 is 0 Å². The molecule has 1 fully saturated rings. The average Bonchev–Trinajstić information content (AvgIpc) is 3.37. The van der Waals surface area contributed by atoms with Crippen LogP contribution in [0.1, 0.15) is 53.6 Å². The number of ether oxygens (including phenoxy) is 1. The number of sulfonamides is 1. The standard InChI is InChI=1S/C23H26N2O5S/c1-15-8-9-20(23-19(26)12-16(2)22(15)23)30-14-21(27)24-17-6-5-7-18(13-17)31(28,29)25-10-3-4-11-25/h5-9,13,16H,3-4,10-12,14H2,1-2H3,(H,24,27). The largest absolute Gasteiger partial charge is 0.483 e. The molecule has 2 aliphatic rings. The first-order valence-electron chi connectivity index (χ1n) is 10.5. The van der Waals surface area contributed by atoms with Gasteiger partial charge in [-0.2, -0.15) is 4.31 Å². The Bertz CT molecular complexity index is 1140. The summed E-state index contributed by atoms with van der Waals surface area (Å²) in [5.41, 5.74) is 2.98. The molecular weight excluding hydrogens is 416 g/mol. The fourth-order valence-corrected chi connectivity index (χ4v) is 5.94. The molecule has 0 spiro atoms. The minimum Gasteiger partial charge on any atom is -0.483 e. The van der Waals surface area contributed by atoms with Crippen LogP contribution in [0.3, 0.4) is 0 Å². The Morgan fingerprint density at radius 2 is 1.94 bits per heavy atom. The molecule has 0 saturated carbocycles. The molecule has 7 nitrogen and oxygen atoms in total. The molecule has 1 aliphatic heterocycles. The molecule has 8 heteroatoms. The lowest BCUT2D eigenvalue weighted by molar-refractivity contribution is -0.118. The molecule has 2 aromatic rings. The number of carbonyl (C=O) groups is 2. The van der Waals surface area contributed by atoms with Crippen molar-refractivity contribution in [1.29, 1.82) is 0 Å². The molecule has 31 heavy (non-hydrogen) atoms. The summed E-state index contributed by atoms with van der Waals surface area (Å²) >= 11 is 0. The number of carbonyl (C=O) groups excluding carboxylic acids is 2. The maximum Gasteiger partial charge on any atom is 0.262 e. The van der Waals surface area contributed by atoms with E-state index in [2.05, 4.69) is 5.32 Å². The van der Waals surface area contributed by atoms with Crippen molar-refractivity contribution >= 4 is 27.4 Å². The van der Waals surface area contributed by atoms with Gasteiger partial charge in [-0.1, -0.05) is 19.1 Å². The Morgan fingerprint density at radius 3 is 2.68 bits per heavy atom. The molecule has 0 radical (unpaired) electrons. The molecule has 0 aromatic heterocycles. The highest BCUT2D eigenvalue weighted by Gasteiger charge is 2.31. The predicted molar refractivity (Wildman–Crippen MR) is 117 cm³/mol. The van der Waals surface area contributed by atoms with Crippen LogP contribution in [0.4, 0.5) is 5.69 Å². The van der Waals surface area contributed by atoms with Crippen molar-refractivity contribution in [3.63, 3.8) is 0 Å². The highest BCUT2D eigenvalue weighted by Crippen LogP contribution is 2.40. The van der Waals surface area contributed by atoms with Crippen LogP contribution in [0, 0.1) is 6.92 Å². The molecule has 1 atom stereocenters. The van der Waals surface area contributed by atoms with Crippen LogP contribution in [0.5, 0.6) is 5.75 Å². The van der Waals surface area contributed by atoms with Crippen LogP contribution in [0.15, 0.2) is 41.3 Å². The monoisotopic (exact) mass is 442 g/mol. The molecule has 1 amide bonds. The summed E-state index contributed by atoms with van der Waals surface area (Å²) in [7, 11) is -3.56.